The van der Waals surface area contributed by atoms with Gasteiger partial charge >= 0.3 is 0 Å². The summed E-state index contributed by atoms with van der Waals surface area (Å²) < 4.78 is 16.2. The second kappa shape index (κ2) is 6.51. The molecule has 6 nitrogen and oxygen atoms in total. The molecular weight excluding hydrogens is 321 g/mol. The van der Waals surface area contributed by atoms with Crippen molar-refractivity contribution in [3.63, 3.8) is 0 Å². The minimum atomic E-state index is -0.381. The number of fused-ring (bicyclic) bond motifs is 1. The number of carbonyl (C=O) groups is 1. The van der Waals surface area contributed by atoms with Crippen molar-refractivity contribution in [3.8, 4) is 11.1 Å². The van der Waals surface area contributed by atoms with Crippen molar-refractivity contribution in [3.05, 3.63) is 41.7 Å². The lowest BCUT2D eigenvalue weighted by Crippen LogP contribution is -2.26. The van der Waals surface area contributed by atoms with Crippen LogP contribution in [0.2, 0.25) is 0 Å². The number of amides is 1. The Kier molecular flexibility index (Phi) is 4.39. The first-order valence-electron chi connectivity index (χ1n) is 8.09. The molecule has 3 aromatic rings. The lowest BCUT2D eigenvalue weighted by atomic mass is 9.98. The van der Waals surface area contributed by atoms with Crippen LogP contribution >= 0.6 is 0 Å². The molecule has 3 rings (SSSR count). The highest BCUT2D eigenvalue weighted by atomic mass is 19.1. The van der Waals surface area contributed by atoms with Gasteiger partial charge in [0.05, 0.1) is 11.4 Å². The maximum Gasteiger partial charge on any atom is 0.272 e. The molecule has 130 valence electrons. The van der Waals surface area contributed by atoms with E-state index < -0.39 is 0 Å². The van der Waals surface area contributed by atoms with E-state index in [-0.39, 0.29) is 23.1 Å². The summed E-state index contributed by atoms with van der Waals surface area (Å²) in [5.41, 5.74) is 8.34. The number of carbonyl (C=O) groups excluding carboxylic acids is 1. The molecule has 0 fully saturated rings. The van der Waals surface area contributed by atoms with Gasteiger partial charge in [-0.2, -0.15) is 5.10 Å². The van der Waals surface area contributed by atoms with Gasteiger partial charge in [-0.15, -0.1) is 0 Å². The Morgan fingerprint density at radius 1 is 1.36 bits per heavy atom. The zero-order chi connectivity index (χ0) is 18.1. The fourth-order valence-corrected chi connectivity index (χ4v) is 2.91. The number of nitrogens with one attached hydrogen (secondary N) is 1. The number of rotatable bonds is 4. The van der Waals surface area contributed by atoms with Gasteiger partial charge < -0.3 is 11.1 Å². The number of benzene rings is 1. The van der Waals surface area contributed by atoms with Gasteiger partial charge in [0, 0.05) is 47.9 Å². The van der Waals surface area contributed by atoms with Crippen molar-refractivity contribution < 1.29 is 9.18 Å². The van der Waals surface area contributed by atoms with Crippen LogP contribution in [0.5, 0.6) is 0 Å². The van der Waals surface area contributed by atoms with Gasteiger partial charge in [-0.3, -0.25) is 9.48 Å². The van der Waals surface area contributed by atoms with Gasteiger partial charge in [-0.1, -0.05) is 6.92 Å². The Morgan fingerprint density at radius 2 is 2.12 bits per heavy atom. The molecule has 2 heterocycles. The second-order valence-corrected chi connectivity index (χ2v) is 5.96. The van der Waals surface area contributed by atoms with Crippen LogP contribution in [0.1, 0.15) is 29.5 Å². The number of nitrogens with two attached hydrogens (primary N) is 1. The van der Waals surface area contributed by atoms with E-state index in [2.05, 4.69) is 15.4 Å². The highest BCUT2D eigenvalue weighted by Gasteiger charge is 2.19. The van der Waals surface area contributed by atoms with E-state index in [9.17, 15) is 9.18 Å². The molecule has 7 heteroatoms. The summed E-state index contributed by atoms with van der Waals surface area (Å²) in [5, 5.41) is 8.18. The summed E-state index contributed by atoms with van der Waals surface area (Å²) >= 11 is 0. The summed E-state index contributed by atoms with van der Waals surface area (Å²) in [4.78, 5) is 16.4. The molecule has 0 saturated heterocycles. The van der Waals surface area contributed by atoms with Gasteiger partial charge in [-0.05, 0) is 25.5 Å². The number of anilines is 1. The summed E-state index contributed by atoms with van der Waals surface area (Å²) in [6.07, 6.45) is 4.07. The SMILES string of the molecule is CCCNC(=O)c1ncc2c(-c3cn(C)nc3C)c(F)ccc2c1N. The lowest BCUT2D eigenvalue weighted by Gasteiger charge is -2.12. The molecule has 0 aliphatic carbocycles. The van der Waals surface area contributed by atoms with Crippen molar-refractivity contribution in [1.82, 2.24) is 20.1 Å². The summed E-state index contributed by atoms with van der Waals surface area (Å²) in [6.45, 7) is 4.32. The smallest absolute Gasteiger partial charge is 0.272 e. The van der Waals surface area contributed by atoms with Crippen molar-refractivity contribution in [2.75, 3.05) is 12.3 Å². The summed E-state index contributed by atoms with van der Waals surface area (Å²) in [6, 6.07) is 2.93. The molecule has 0 unspecified atom stereocenters. The van der Waals surface area contributed by atoms with E-state index >= 15 is 0 Å². The topological polar surface area (TPSA) is 85.8 Å². The molecule has 3 N–H and O–H groups in total. The third-order valence-corrected chi connectivity index (χ3v) is 4.10. The molecule has 0 bridgehead atoms. The normalized spacial score (nSPS) is 11.0. The van der Waals surface area contributed by atoms with E-state index in [4.69, 9.17) is 5.73 Å². The fourth-order valence-electron chi connectivity index (χ4n) is 2.91. The number of nitrogen functional groups attached to an aromatic ring is 1. The van der Waals surface area contributed by atoms with Crippen molar-refractivity contribution in [2.24, 2.45) is 7.05 Å². The van der Waals surface area contributed by atoms with E-state index in [0.29, 0.717) is 34.1 Å². The van der Waals surface area contributed by atoms with Crippen LogP contribution in [0.4, 0.5) is 10.1 Å². The molecule has 0 radical (unpaired) electrons. The van der Waals surface area contributed by atoms with E-state index in [1.54, 1.807) is 24.0 Å². The predicted octanol–water partition coefficient (Wildman–Crippen LogP) is 2.80. The minimum absolute atomic E-state index is 0.154. The van der Waals surface area contributed by atoms with Crippen LogP contribution < -0.4 is 11.1 Å². The van der Waals surface area contributed by atoms with Crippen LogP contribution in [0.15, 0.2) is 24.5 Å². The quantitative estimate of drug-likeness (QED) is 0.764. The Hall–Kier alpha value is -2.96. The zero-order valence-electron chi connectivity index (χ0n) is 14.4. The van der Waals surface area contributed by atoms with Gasteiger partial charge in [0.1, 0.15) is 5.82 Å². The average Bonchev–Trinajstić information content (AvgIpc) is 2.90. The summed E-state index contributed by atoms with van der Waals surface area (Å²) in [7, 11) is 1.78. The van der Waals surface area contributed by atoms with Crippen LogP contribution in [-0.2, 0) is 7.05 Å². The molecule has 1 amide bonds. The highest BCUT2D eigenvalue weighted by molar-refractivity contribution is 6.09. The average molecular weight is 341 g/mol. The Balaban J connectivity index is 2.21. The van der Waals surface area contributed by atoms with Crippen molar-refractivity contribution in [2.45, 2.75) is 20.3 Å². The van der Waals surface area contributed by atoms with E-state index in [0.717, 1.165) is 6.42 Å². The molecule has 0 aliphatic heterocycles. The maximum absolute atomic E-state index is 14.6. The first-order chi connectivity index (χ1) is 11.9. The molecule has 1 aromatic carbocycles. The molecule has 2 aromatic heterocycles. The van der Waals surface area contributed by atoms with Crippen molar-refractivity contribution >= 4 is 22.4 Å². The Bertz CT molecular complexity index is 964. The van der Waals surface area contributed by atoms with E-state index in [1.165, 1.54) is 12.3 Å². The molecule has 0 saturated carbocycles. The van der Waals surface area contributed by atoms with Crippen molar-refractivity contribution in [1.29, 1.82) is 0 Å². The van der Waals surface area contributed by atoms with Gasteiger partial charge in [0.15, 0.2) is 5.69 Å². The minimum Gasteiger partial charge on any atom is -0.396 e. The van der Waals surface area contributed by atoms with Gasteiger partial charge in [-0.25, -0.2) is 9.37 Å². The highest BCUT2D eigenvalue weighted by Crippen LogP contribution is 2.35. The second-order valence-electron chi connectivity index (χ2n) is 5.96. The Labute approximate surface area is 144 Å². The standard InChI is InChI=1S/C18H20FN5O/c1-4-7-21-18(25)17-16(20)11-5-6-14(19)15(12(11)8-22-17)13-9-24(3)23-10(13)2/h5-6,8-9H,4,7,20H2,1-3H3,(H,21,25). The largest absolute Gasteiger partial charge is 0.396 e. The molecule has 0 spiro atoms. The number of halogens is 1. The molecule has 0 atom stereocenters. The first-order valence-corrected chi connectivity index (χ1v) is 8.09. The van der Waals surface area contributed by atoms with Gasteiger partial charge in [0.25, 0.3) is 5.91 Å². The number of aryl methyl sites for hydroxylation is 2. The number of hydrogen-bond donors (Lipinski definition) is 2. The number of aromatic nitrogens is 3. The zero-order valence-corrected chi connectivity index (χ0v) is 14.4. The van der Waals surface area contributed by atoms with Crippen LogP contribution in [0, 0.1) is 12.7 Å². The third kappa shape index (κ3) is 2.93. The molecule has 0 aliphatic rings. The van der Waals surface area contributed by atoms with Crippen LogP contribution in [0.3, 0.4) is 0 Å². The Morgan fingerprint density at radius 3 is 2.76 bits per heavy atom. The number of nitrogens with zero attached hydrogens (tertiary/aromatic N) is 3. The molecular formula is C18H20FN5O. The van der Waals surface area contributed by atoms with E-state index in [1.807, 2.05) is 13.8 Å². The monoisotopic (exact) mass is 341 g/mol. The number of pyridine rings is 1. The predicted molar refractivity (Wildman–Crippen MR) is 95.7 cm³/mol. The summed E-state index contributed by atoms with van der Waals surface area (Å²) in [5.74, 6) is -0.710. The van der Waals surface area contributed by atoms with Gasteiger partial charge in [0.2, 0.25) is 0 Å². The number of hydrogen-bond acceptors (Lipinski definition) is 4. The fraction of sp³-hybridized carbons (Fsp3) is 0.278. The molecule has 25 heavy (non-hydrogen) atoms. The lowest BCUT2D eigenvalue weighted by molar-refractivity contribution is 0.0950. The third-order valence-electron chi connectivity index (χ3n) is 4.10. The van der Waals surface area contributed by atoms with Crippen LogP contribution in [-0.4, -0.2) is 27.2 Å². The maximum atomic E-state index is 14.6. The first kappa shape index (κ1) is 16.9. The van der Waals surface area contributed by atoms with Crippen LogP contribution in [0.25, 0.3) is 21.9 Å².